The lowest BCUT2D eigenvalue weighted by Crippen LogP contribution is -2.76. The van der Waals surface area contributed by atoms with E-state index in [1.165, 1.54) is 67.6 Å². The van der Waals surface area contributed by atoms with Crippen LogP contribution in [0.4, 0.5) is 0 Å². The Kier molecular flexibility index (Phi) is 3.09. The second kappa shape index (κ2) is 4.06. The molecule has 0 amide bonds. The average Bonchev–Trinajstić information content (AvgIpc) is 2.29. The van der Waals surface area contributed by atoms with Crippen molar-refractivity contribution in [3.05, 3.63) is 0 Å². The normalized spacial score (nSPS) is 40.0. The monoisotopic (exact) mass is 212 g/mol. The van der Waals surface area contributed by atoms with Crippen LogP contribution in [0.2, 0.25) is 0 Å². The molecule has 2 heteroatoms. The molecule has 2 nitrogen and oxygen atoms in total. The molecule has 3 aliphatic heterocycles. The molecule has 3 fully saturated rings. The maximum Gasteiger partial charge on any atom is 0.129 e. The average molecular weight is 212 g/mol. The fraction of sp³-hybridized carbons (Fsp3) is 1.00. The quantitative estimate of drug-likeness (QED) is 0.624. The molecule has 0 spiro atoms. The summed E-state index contributed by atoms with van der Waals surface area (Å²) >= 11 is 0. The van der Waals surface area contributed by atoms with Crippen molar-refractivity contribution in [1.82, 2.24) is 0 Å². The van der Waals surface area contributed by atoms with E-state index in [2.05, 4.69) is 20.8 Å². The molecule has 0 aromatic heterocycles. The van der Waals surface area contributed by atoms with E-state index < -0.39 is 0 Å². The lowest BCUT2D eigenvalue weighted by atomic mass is 10.0. The highest BCUT2D eigenvalue weighted by molar-refractivity contribution is 4.64. The summed E-state index contributed by atoms with van der Waals surface area (Å²) in [6.45, 7) is 17.3. The van der Waals surface area contributed by atoms with Crippen LogP contribution in [-0.2, 0) is 0 Å². The van der Waals surface area contributed by atoms with Crippen molar-refractivity contribution in [2.75, 3.05) is 45.8 Å². The minimum absolute atomic E-state index is 0.846. The van der Waals surface area contributed by atoms with E-state index in [1.807, 2.05) is 0 Å². The number of hydrogen-bond acceptors (Lipinski definition) is 0. The summed E-state index contributed by atoms with van der Waals surface area (Å²) in [4.78, 5) is 0. The Labute approximate surface area is 95.0 Å². The van der Waals surface area contributed by atoms with Gasteiger partial charge in [0, 0.05) is 0 Å². The Hall–Kier alpha value is -0.0800. The van der Waals surface area contributed by atoms with Gasteiger partial charge in [-0.25, -0.2) is 0 Å². The zero-order chi connectivity index (χ0) is 10.9. The topological polar surface area (TPSA) is 0 Å². The third-order valence-corrected chi connectivity index (χ3v) is 5.14. The summed E-state index contributed by atoms with van der Waals surface area (Å²) in [6.07, 6.45) is 2.80. The van der Waals surface area contributed by atoms with Gasteiger partial charge in [0.25, 0.3) is 0 Å². The lowest BCUT2D eigenvalue weighted by Gasteiger charge is -2.57. The molecular weight excluding hydrogens is 184 g/mol. The van der Waals surface area contributed by atoms with E-state index in [4.69, 9.17) is 0 Å². The van der Waals surface area contributed by atoms with Gasteiger partial charge in [0.1, 0.15) is 39.3 Å². The predicted octanol–water partition coefficient (Wildman–Crippen LogP) is 1.86. The van der Waals surface area contributed by atoms with Gasteiger partial charge in [0.2, 0.25) is 0 Å². The third kappa shape index (κ3) is 1.94. The molecule has 3 heterocycles. The Balaban J connectivity index is 1.98. The zero-order valence-corrected chi connectivity index (χ0v) is 10.8. The molecule has 88 valence electrons. The van der Waals surface area contributed by atoms with Crippen molar-refractivity contribution in [3.63, 3.8) is 0 Å². The second-order valence-corrected chi connectivity index (χ2v) is 6.07. The first-order valence-corrected chi connectivity index (χ1v) is 6.83. The highest BCUT2D eigenvalue weighted by Gasteiger charge is 2.49. The van der Waals surface area contributed by atoms with E-state index in [9.17, 15) is 0 Å². The SMILES string of the molecule is CCCC[N+]12CC[N+](C(C)C)(CC1)CC2. The molecule has 3 aliphatic rings. The number of fused-ring (bicyclic) bond motifs is 3. The second-order valence-electron chi connectivity index (χ2n) is 6.07. The van der Waals surface area contributed by atoms with Gasteiger partial charge in [-0.1, -0.05) is 13.3 Å². The molecule has 2 bridgehead atoms. The Morgan fingerprint density at radius 2 is 1.47 bits per heavy atom. The van der Waals surface area contributed by atoms with Gasteiger partial charge in [-0.3, -0.25) is 0 Å². The maximum absolute atomic E-state index is 2.41. The van der Waals surface area contributed by atoms with Crippen molar-refractivity contribution in [2.45, 2.75) is 39.7 Å². The van der Waals surface area contributed by atoms with Crippen LogP contribution >= 0.6 is 0 Å². The van der Waals surface area contributed by atoms with Gasteiger partial charge in [0.15, 0.2) is 0 Å². The van der Waals surface area contributed by atoms with Crippen molar-refractivity contribution < 1.29 is 8.97 Å². The molecule has 0 aromatic rings. The number of piperazine rings is 3. The third-order valence-electron chi connectivity index (χ3n) is 5.14. The molecule has 0 aliphatic carbocycles. The summed E-state index contributed by atoms with van der Waals surface area (Å²) in [5, 5.41) is 0. The van der Waals surface area contributed by atoms with Gasteiger partial charge in [-0.05, 0) is 20.3 Å². The first-order valence-electron chi connectivity index (χ1n) is 6.83. The van der Waals surface area contributed by atoms with E-state index >= 15 is 0 Å². The van der Waals surface area contributed by atoms with Gasteiger partial charge >= 0.3 is 0 Å². The van der Waals surface area contributed by atoms with Crippen molar-refractivity contribution in [1.29, 1.82) is 0 Å². The Bertz CT molecular complexity index is 198. The first kappa shape index (κ1) is 11.4. The van der Waals surface area contributed by atoms with Crippen LogP contribution < -0.4 is 0 Å². The minimum Gasteiger partial charge on any atom is -0.310 e. The van der Waals surface area contributed by atoms with Crippen LogP contribution in [0.25, 0.3) is 0 Å². The summed E-state index contributed by atoms with van der Waals surface area (Å²) < 4.78 is 2.88. The van der Waals surface area contributed by atoms with E-state index in [0.29, 0.717) is 0 Å². The zero-order valence-electron chi connectivity index (χ0n) is 10.8. The van der Waals surface area contributed by atoms with Gasteiger partial charge in [-0.15, -0.1) is 0 Å². The number of rotatable bonds is 4. The van der Waals surface area contributed by atoms with Crippen LogP contribution in [-0.4, -0.2) is 60.8 Å². The number of hydrogen-bond donors (Lipinski definition) is 0. The molecule has 0 unspecified atom stereocenters. The summed E-state index contributed by atoms with van der Waals surface area (Å²) in [7, 11) is 0. The fourth-order valence-corrected chi connectivity index (χ4v) is 3.51. The van der Waals surface area contributed by atoms with E-state index in [-0.39, 0.29) is 0 Å². The summed E-state index contributed by atoms with van der Waals surface area (Å²) in [5.74, 6) is 0. The van der Waals surface area contributed by atoms with Gasteiger partial charge in [-0.2, -0.15) is 0 Å². The smallest absolute Gasteiger partial charge is 0.129 e. The lowest BCUT2D eigenvalue weighted by molar-refractivity contribution is -1.09. The largest absolute Gasteiger partial charge is 0.310 e. The highest BCUT2D eigenvalue weighted by Crippen LogP contribution is 2.29. The Morgan fingerprint density at radius 3 is 1.87 bits per heavy atom. The summed E-state index contributed by atoms with van der Waals surface area (Å²) in [6, 6.07) is 0.846. The van der Waals surface area contributed by atoms with Crippen molar-refractivity contribution in [2.24, 2.45) is 0 Å². The van der Waals surface area contributed by atoms with Crippen molar-refractivity contribution in [3.8, 4) is 0 Å². The van der Waals surface area contributed by atoms with Crippen LogP contribution in [0.15, 0.2) is 0 Å². The van der Waals surface area contributed by atoms with E-state index in [0.717, 1.165) is 6.04 Å². The molecule has 0 aromatic carbocycles. The fourth-order valence-electron chi connectivity index (χ4n) is 3.51. The van der Waals surface area contributed by atoms with Crippen molar-refractivity contribution >= 4 is 0 Å². The Morgan fingerprint density at radius 1 is 0.933 bits per heavy atom. The maximum atomic E-state index is 2.41. The number of nitrogens with zero attached hydrogens (tertiary/aromatic N) is 2. The van der Waals surface area contributed by atoms with Crippen LogP contribution in [0.1, 0.15) is 33.6 Å². The standard InChI is InChI=1S/C13H28N2/c1-4-5-6-14-7-10-15(11-8-14,12-9-14)13(2)3/h13H,4-12H2,1-3H3/q+2. The molecule has 0 saturated carbocycles. The van der Waals surface area contributed by atoms with Gasteiger partial charge < -0.3 is 8.97 Å². The van der Waals surface area contributed by atoms with E-state index in [1.54, 1.807) is 0 Å². The highest BCUT2D eigenvalue weighted by atomic mass is 15.5. The molecule has 3 saturated heterocycles. The molecule has 0 atom stereocenters. The minimum atomic E-state index is 0.846. The molecule has 3 rings (SSSR count). The number of quaternary nitrogens is 2. The molecule has 15 heavy (non-hydrogen) atoms. The number of unbranched alkanes of at least 4 members (excludes halogenated alkanes) is 1. The van der Waals surface area contributed by atoms with Gasteiger partial charge in [0.05, 0.1) is 12.6 Å². The van der Waals surface area contributed by atoms with Crippen LogP contribution in [0, 0.1) is 0 Å². The molecule has 0 radical (unpaired) electrons. The first-order chi connectivity index (χ1) is 7.13. The predicted molar refractivity (Wildman–Crippen MR) is 64.6 cm³/mol. The summed E-state index contributed by atoms with van der Waals surface area (Å²) in [5.41, 5.74) is 0. The van der Waals surface area contributed by atoms with Crippen LogP contribution in [0.3, 0.4) is 0 Å². The van der Waals surface area contributed by atoms with Crippen LogP contribution in [0.5, 0.6) is 0 Å². The molecule has 0 N–H and O–H groups in total. The molecular formula is C13H28N2+2.